The molecule has 1 fully saturated rings. The van der Waals surface area contributed by atoms with E-state index in [1.165, 1.54) is 31.9 Å². The van der Waals surface area contributed by atoms with Crippen LogP contribution in [-0.4, -0.2) is 37.4 Å². The summed E-state index contributed by atoms with van der Waals surface area (Å²) in [5.74, 6) is 0.246. The first-order valence-corrected chi connectivity index (χ1v) is 7.71. The number of aromatic nitrogens is 4. The Balaban J connectivity index is 1.76. The number of hydrogen-bond donors (Lipinski definition) is 3. The minimum atomic E-state index is -1.04. The van der Waals surface area contributed by atoms with Gasteiger partial charge in [0.15, 0.2) is 0 Å². The molecular weight excluding hydrogens is 296 g/mol. The molecule has 0 spiro atoms. The smallest absolute Gasteiger partial charge is 0.341 e. The number of carboxylic acid groups (broad SMARTS) is 1. The standard InChI is InChI=1S/C15H20N6O2/c1-21-9-11(7-18-21)19-15-17-8-12(14(22)23)13(20-15)16-6-10-4-2-3-5-10/h7-10H,2-6H2,1H3,(H,22,23)(H2,16,17,19,20). The minimum Gasteiger partial charge on any atom is -0.477 e. The van der Waals surface area contributed by atoms with Gasteiger partial charge < -0.3 is 15.7 Å². The highest BCUT2D eigenvalue weighted by Gasteiger charge is 2.18. The lowest BCUT2D eigenvalue weighted by molar-refractivity contribution is 0.0697. The number of carbonyl (C=O) groups is 1. The molecule has 1 aliphatic carbocycles. The Morgan fingerprint density at radius 3 is 2.83 bits per heavy atom. The molecular formula is C15H20N6O2. The molecule has 0 aliphatic heterocycles. The van der Waals surface area contributed by atoms with Gasteiger partial charge in [0.2, 0.25) is 5.95 Å². The Labute approximate surface area is 134 Å². The van der Waals surface area contributed by atoms with Gasteiger partial charge in [-0.2, -0.15) is 10.1 Å². The van der Waals surface area contributed by atoms with Gasteiger partial charge >= 0.3 is 5.97 Å². The van der Waals surface area contributed by atoms with Gasteiger partial charge in [0.1, 0.15) is 11.4 Å². The van der Waals surface area contributed by atoms with Gasteiger partial charge in [-0.1, -0.05) is 12.8 Å². The van der Waals surface area contributed by atoms with E-state index in [1.807, 2.05) is 7.05 Å². The molecule has 3 rings (SSSR count). The van der Waals surface area contributed by atoms with E-state index in [2.05, 4.69) is 25.7 Å². The molecule has 0 radical (unpaired) electrons. The number of carboxylic acids is 1. The van der Waals surface area contributed by atoms with E-state index < -0.39 is 5.97 Å². The molecule has 23 heavy (non-hydrogen) atoms. The molecule has 2 aromatic rings. The highest BCUT2D eigenvalue weighted by atomic mass is 16.4. The molecule has 2 heterocycles. The van der Waals surface area contributed by atoms with Crippen LogP contribution in [0.3, 0.4) is 0 Å². The molecule has 8 nitrogen and oxygen atoms in total. The Morgan fingerprint density at radius 1 is 1.39 bits per heavy atom. The van der Waals surface area contributed by atoms with E-state index in [-0.39, 0.29) is 5.56 Å². The Kier molecular flexibility index (Phi) is 4.40. The second-order valence-corrected chi connectivity index (χ2v) is 5.82. The highest BCUT2D eigenvalue weighted by molar-refractivity contribution is 5.93. The molecule has 1 saturated carbocycles. The molecule has 122 valence electrons. The van der Waals surface area contributed by atoms with Crippen molar-refractivity contribution in [3.63, 3.8) is 0 Å². The van der Waals surface area contributed by atoms with Crippen molar-refractivity contribution in [1.29, 1.82) is 0 Å². The predicted molar refractivity (Wildman–Crippen MR) is 85.9 cm³/mol. The topological polar surface area (TPSA) is 105 Å². The SMILES string of the molecule is Cn1cc(Nc2ncc(C(=O)O)c(NCC3CCCC3)n2)cn1. The van der Waals surface area contributed by atoms with Crippen LogP contribution >= 0.6 is 0 Å². The fourth-order valence-electron chi connectivity index (χ4n) is 2.80. The largest absolute Gasteiger partial charge is 0.477 e. The Bertz CT molecular complexity index is 693. The first kappa shape index (κ1) is 15.3. The normalized spacial score (nSPS) is 14.8. The van der Waals surface area contributed by atoms with E-state index in [4.69, 9.17) is 0 Å². The summed E-state index contributed by atoms with van der Waals surface area (Å²) in [5, 5.41) is 19.5. The van der Waals surface area contributed by atoms with E-state index in [1.54, 1.807) is 17.1 Å². The Morgan fingerprint density at radius 2 is 2.17 bits per heavy atom. The molecule has 0 saturated heterocycles. The maximum absolute atomic E-state index is 11.3. The van der Waals surface area contributed by atoms with Gasteiger partial charge in [-0.25, -0.2) is 9.78 Å². The van der Waals surface area contributed by atoms with Gasteiger partial charge in [0, 0.05) is 26.0 Å². The van der Waals surface area contributed by atoms with Crippen LogP contribution in [0.4, 0.5) is 17.5 Å². The average Bonchev–Trinajstić information content (AvgIpc) is 3.17. The van der Waals surface area contributed by atoms with Gasteiger partial charge in [-0.15, -0.1) is 0 Å². The lowest BCUT2D eigenvalue weighted by Crippen LogP contribution is -2.16. The van der Waals surface area contributed by atoms with Crippen molar-refractivity contribution in [3.05, 3.63) is 24.2 Å². The highest BCUT2D eigenvalue weighted by Crippen LogP contribution is 2.25. The second-order valence-electron chi connectivity index (χ2n) is 5.82. The first-order chi connectivity index (χ1) is 11.1. The summed E-state index contributed by atoms with van der Waals surface area (Å²) in [4.78, 5) is 19.7. The Hall–Kier alpha value is -2.64. The number of nitrogens with one attached hydrogen (secondary N) is 2. The van der Waals surface area contributed by atoms with Gasteiger partial charge in [0.05, 0.1) is 11.9 Å². The molecule has 2 aromatic heterocycles. The van der Waals surface area contributed by atoms with Crippen LogP contribution in [0.5, 0.6) is 0 Å². The zero-order valence-corrected chi connectivity index (χ0v) is 13.0. The number of rotatable bonds is 6. The predicted octanol–water partition coefficient (Wildman–Crippen LogP) is 2.25. The molecule has 0 aromatic carbocycles. The maximum atomic E-state index is 11.3. The molecule has 0 bridgehead atoms. The van der Waals surface area contributed by atoms with E-state index >= 15 is 0 Å². The van der Waals surface area contributed by atoms with Crippen molar-refractivity contribution in [1.82, 2.24) is 19.7 Å². The quantitative estimate of drug-likeness (QED) is 0.750. The lowest BCUT2D eigenvalue weighted by Gasteiger charge is -2.13. The molecule has 1 aliphatic rings. The third kappa shape index (κ3) is 3.77. The van der Waals surface area contributed by atoms with E-state index in [0.717, 1.165) is 12.2 Å². The van der Waals surface area contributed by atoms with Crippen LogP contribution in [0.25, 0.3) is 0 Å². The van der Waals surface area contributed by atoms with Crippen molar-refractivity contribution in [2.75, 3.05) is 17.2 Å². The monoisotopic (exact) mass is 316 g/mol. The molecule has 0 unspecified atom stereocenters. The maximum Gasteiger partial charge on any atom is 0.341 e. The zero-order valence-electron chi connectivity index (χ0n) is 13.0. The van der Waals surface area contributed by atoms with E-state index in [0.29, 0.717) is 17.7 Å². The molecule has 0 amide bonds. The average molecular weight is 316 g/mol. The van der Waals surface area contributed by atoms with Crippen LogP contribution in [-0.2, 0) is 7.05 Å². The van der Waals surface area contributed by atoms with Crippen LogP contribution in [0.15, 0.2) is 18.6 Å². The summed E-state index contributed by atoms with van der Waals surface area (Å²) in [6.07, 6.45) is 9.62. The summed E-state index contributed by atoms with van der Waals surface area (Å²) in [5.41, 5.74) is 0.831. The van der Waals surface area contributed by atoms with Crippen molar-refractivity contribution >= 4 is 23.4 Å². The fourth-order valence-corrected chi connectivity index (χ4v) is 2.80. The number of anilines is 3. The molecule has 0 atom stereocenters. The molecule has 3 N–H and O–H groups in total. The number of aryl methyl sites for hydroxylation is 1. The van der Waals surface area contributed by atoms with Crippen molar-refractivity contribution < 1.29 is 9.90 Å². The third-order valence-corrected chi connectivity index (χ3v) is 4.01. The van der Waals surface area contributed by atoms with Crippen molar-refractivity contribution in [2.45, 2.75) is 25.7 Å². The van der Waals surface area contributed by atoms with Crippen LogP contribution in [0, 0.1) is 5.92 Å². The summed E-state index contributed by atoms with van der Waals surface area (Å²) in [6.45, 7) is 0.740. The molecule has 8 heteroatoms. The van der Waals surface area contributed by atoms with Crippen LogP contribution in [0.2, 0.25) is 0 Å². The summed E-state index contributed by atoms with van der Waals surface area (Å²) in [7, 11) is 1.81. The van der Waals surface area contributed by atoms with E-state index in [9.17, 15) is 9.90 Å². The summed E-state index contributed by atoms with van der Waals surface area (Å²) >= 11 is 0. The van der Waals surface area contributed by atoms with Gasteiger partial charge in [-0.05, 0) is 18.8 Å². The number of nitrogens with zero attached hydrogens (tertiary/aromatic N) is 4. The van der Waals surface area contributed by atoms with Gasteiger partial charge in [0.25, 0.3) is 0 Å². The first-order valence-electron chi connectivity index (χ1n) is 7.71. The zero-order chi connectivity index (χ0) is 16.2. The van der Waals surface area contributed by atoms with Gasteiger partial charge in [-0.3, -0.25) is 4.68 Å². The third-order valence-electron chi connectivity index (χ3n) is 4.01. The number of aromatic carboxylic acids is 1. The number of hydrogen-bond acceptors (Lipinski definition) is 6. The fraction of sp³-hybridized carbons (Fsp3) is 0.467. The summed E-state index contributed by atoms with van der Waals surface area (Å²) in [6, 6.07) is 0. The second kappa shape index (κ2) is 6.64. The van der Waals surface area contributed by atoms with Crippen LogP contribution < -0.4 is 10.6 Å². The summed E-state index contributed by atoms with van der Waals surface area (Å²) < 4.78 is 1.66. The van der Waals surface area contributed by atoms with Crippen LogP contribution in [0.1, 0.15) is 36.0 Å². The van der Waals surface area contributed by atoms with Crippen molar-refractivity contribution in [2.24, 2.45) is 13.0 Å². The lowest BCUT2D eigenvalue weighted by atomic mass is 10.1. The van der Waals surface area contributed by atoms with Crippen molar-refractivity contribution in [3.8, 4) is 0 Å². The minimum absolute atomic E-state index is 0.0831.